The van der Waals surface area contributed by atoms with E-state index in [0.29, 0.717) is 0 Å². The fourth-order valence-electron chi connectivity index (χ4n) is 3.50. The number of hydrogen-bond acceptors (Lipinski definition) is 2. The van der Waals surface area contributed by atoms with E-state index in [9.17, 15) is 0 Å². The third kappa shape index (κ3) is 2.88. The second-order valence-electron chi connectivity index (χ2n) is 6.40. The molecule has 0 amide bonds. The first-order valence-electron chi connectivity index (χ1n) is 7.93. The fourth-order valence-corrected chi connectivity index (χ4v) is 3.50. The first-order valence-corrected chi connectivity index (χ1v) is 7.93. The third-order valence-corrected chi connectivity index (χ3v) is 4.47. The molecule has 0 aliphatic heterocycles. The third-order valence-electron chi connectivity index (χ3n) is 4.47. The number of aromatic nitrogens is 2. The SMILES string of the molecule is Cc1cc(C)cc(C(N)Cn2c(C)nc3c2CCCC3)c1. The van der Waals surface area contributed by atoms with Crippen LogP contribution in [0.4, 0.5) is 0 Å². The van der Waals surface area contributed by atoms with Crippen molar-refractivity contribution in [3.63, 3.8) is 0 Å². The van der Waals surface area contributed by atoms with E-state index in [1.54, 1.807) is 0 Å². The lowest BCUT2D eigenvalue weighted by atomic mass is 9.99. The Morgan fingerprint density at radius 3 is 2.48 bits per heavy atom. The fraction of sp³-hybridized carbons (Fsp3) is 0.500. The number of nitrogens with two attached hydrogens (primary N) is 1. The molecular formula is C18H25N3. The molecule has 112 valence electrons. The summed E-state index contributed by atoms with van der Waals surface area (Å²) < 4.78 is 2.34. The van der Waals surface area contributed by atoms with Crippen LogP contribution in [0.3, 0.4) is 0 Å². The van der Waals surface area contributed by atoms with E-state index in [1.165, 1.54) is 40.9 Å². The molecule has 1 aromatic heterocycles. The summed E-state index contributed by atoms with van der Waals surface area (Å²) in [7, 11) is 0. The summed E-state index contributed by atoms with van der Waals surface area (Å²) in [5, 5.41) is 0. The van der Waals surface area contributed by atoms with Gasteiger partial charge in [-0.25, -0.2) is 4.98 Å². The van der Waals surface area contributed by atoms with E-state index in [4.69, 9.17) is 10.7 Å². The van der Waals surface area contributed by atoms with Crippen LogP contribution in [0.15, 0.2) is 18.2 Å². The minimum atomic E-state index is 0.0301. The average Bonchev–Trinajstić information content (AvgIpc) is 2.74. The molecule has 1 aromatic carbocycles. The van der Waals surface area contributed by atoms with Crippen molar-refractivity contribution in [1.29, 1.82) is 0 Å². The predicted molar refractivity (Wildman–Crippen MR) is 86.5 cm³/mol. The highest BCUT2D eigenvalue weighted by atomic mass is 15.1. The van der Waals surface area contributed by atoms with Crippen LogP contribution in [0.1, 0.15) is 52.8 Å². The van der Waals surface area contributed by atoms with E-state index in [0.717, 1.165) is 25.2 Å². The number of nitrogens with zero attached hydrogens (tertiary/aromatic N) is 2. The second-order valence-corrected chi connectivity index (χ2v) is 6.40. The number of fused-ring (bicyclic) bond motifs is 1. The molecule has 0 spiro atoms. The molecular weight excluding hydrogens is 258 g/mol. The molecule has 0 bridgehead atoms. The Labute approximate surface area is 127 Å². The normalized spacial score (nSPS) is 15.8. The molecule has 3 nitrogen and oxygen atoms in total. The van der Waals surface area contributed by atoms with Gasteiger partial charge in [-0.3, -0.25) is 0 Å². The lowest BCUT2D eigenvalue weighted by molar-refractivity contribution is 0.532. The molecule has 2 aromatic rings. The van der Waals surface area contributed by atoms with Gasteiger partial charge in [-0.05, 0) is 52.0 Å². The molecule has 1 heterocycles. The highest BCUT2D eigenvalue weighted by Crippen LogP contribution is 2.24. The van der Waals surface area contributed by atoms with Gasteiger partial charge in [0.1, 0.15) is 5.82 Å². The van der Waals surface area contributed by atoms with Gasteiger partial charge in [0.2, 0.25) is 0 Å². The van der Waals surface area contributed by atoms with Crippen molar-refractivity contribution in [2.24, 2.45) is 5.73 Å². The Hall–Kier alpha value is -1.61. The Bertz CT molecular complexity index is 634. The summed E-state index contributed by atoms with van der Waals surface area (Å²) in [6, 6.07) is 6.63. The molecule has 1 atom stereocenters. The lowest BCUT2D eigenvalue weighted by Gasteiger charge is -2.19. The van der Waals surface area contributed by atoms with Gasteiger partial charge in [0.25, 0.3) is 0 Å². The molecule has 1 unspecified atom stereocenters. The number of imidazole rings is 1. The summed E-state index contributed by atoms with van der Waals surface area (Å²) in [5.41, 5.74) is 13.0. The second kappa shape index (κ2) is 5.64. The van der Waals surface area contributed by atoms with E-state index in [1.807, 2.05) is 0 Å². The van der Waals surface area contributed by atoms with Gasteiger partial charge < -0.3 is 10.3 Å². The van der Waals surface area contributed by atoms with Crippen molar-refractivity contribution in [1.82, 2.24) is 9.55 Å². The molecule has 21 heavy (non-hydrogen) atoms. The van der Waals surface area contributed by atoms with Crippen LogP contribution in [0, 0.1) is 20.8 Å². The number of hydrogen-bond donors (Lipinski definition) is 1. The zero-order valence-electron chi connectivity index (χ0n) is 13.3. The zero-order chi connectivity index (χ0) is 15.0. The predicted octanol–water partition coefficient (Wildman–Crippen LogP) is 3.39. The molecule has 0 radical (unpaired) electrons. The van der Waals surface area contributed by atoms with Gasteiger partial charge >= 0.3 is 0 Å². The average molecular weight is 283 g/mol. The van der Waals surface area contributed by atoms with Crippen LogP contribution in [0.5, 0.6) is 0 Å². The van der Waals surface area contributed by atoms with Crippen LogP contribution in [-0.2, 0) is 19.4 Å². The van der Waals surface area contributed by atoms with Crippen LogP contribution >= 0.6 is 0 Å². The summed E-state index contributed by atoms with van der Waals surface area (Å²) in [4.78, 5) is 4.74. The molecule has 3 heteroatoms. The monoisotopic (exact) mass is 283 g/mol. The van der Waals surface area contributed by atoms with Crippen molar-refractivity contribution < 1.29 is 0 Å². The smallest absolute Gasteiger partial charge is 0.106 e. The standard InChI is InChI=1S/C18H25N3/c1-12-8-13(2)10-15(9-12)16(19)11-21-14(3)20-17-6-4-5-7-18(17)21/h8-10,16H,4-7,11,19H2,1-3H3. The van der Waals surface area contributed by atoms with Crippen LogP contribution in [0.25, 0.3) is 0 Å². The summed E-state index contributed by atoms with van der Waals surface area (Å²) in [5.74, 6) is 1.11. The summed E-state index contributed by atoms with van der Waals surface area (Å²) >= 11 is 0. The molecule has 0 saturated carbocycles. The first kappa shape index (κ1) is 14.3. The van der Waals surface area contributed by atoms with Crippen LogP contribution in [-0.4, -0.2) is 9.55 Å². The molecule has 2 N–H and O–H groups in total. The van der Waals surface area contributed by atoms with E-state index in [2.05, 4.69) is 43.5 Å². The van der Waals surface area contributed by atoms with Crippen molar-refractivity contribution in [2.75, 3.05) is 0 Å². The largest absolute Gasteiger partial charge is 0.330 e. The summed E-state index contributed by atoms with van der Waals surface area (Å²) in [6.45, 7) is 7.20. The van der Waals surface area contributed by atoms with E-state index >= 15 is 0 Å². The van der Waals surface area contributed by atoms with Gasteiger partial charge in [0.05, 0.1) is 5.69 Å². The maximum Gasteiger partial charge on any atom is 0.106 e. The maximum atomic E-state index is 6.48. The lowest BCUT2D eigenvalue weighted by Crippen LogP contribution is -2.21. The van der Waals surface area contributed by atoms with Crippen LogP contribution < -0.4 is 5.73 Å². The molecule has 3 rings (SSSR count). The van der Waals surface area contributed by atoms with E-state index in [-0.39, 0.29) is 6.04 Å². The van der Waals surface area contributed by atoms with Gasteiger partial charge in [0, 0.05) is 18.3 Å². The van der Waals surface area contributed by atoms with Crippen molar-refractivity contribution in [2.45, 2.75) is 59.0 Å². The molecule has 0 fully saturated rings. The molecule has 1 aliphatic rings. The van der Waals surface area contributed by atoms with Crippen molar-refractivity contribution in [3.05, 3.63) is 52.1 Å². The van der Waals surface area contributed by atoms with Crippen LogP contribution in [0.2, 0.25) is 0 Å². The molecule has 1 aliphatic carbocycles. The quantitative estimate of drug-likeness (QED) is 0.938. The number of benzene rings is 1. The van der Waals surface area contributed by atoms with E-state index < -0.39 is 0 Å². The van der Waals surface area contributed by atoms with Gasteiger partial charge in [-0.2, -0.15) is 0 Å². The first-order chi connectivity index (χ1) is 10.0. The Morgan fingerprint density at radius 2 is 1.76 bits per heavy atom. The minimum absolute atomic E-state index is 0.0301. The topological polar surface area (TPSA) is 43.8 Å². The van der Waals surface area contributed by atoms with Gasteiger partial charge in [0.15, 0.2) is 0 Å². The Morgan fingerprint density at radius 1 is 1.10 bits per heavy atom. The van der Waals surface area contributed by atoms with Crippen molar-refractivity contribution >= 4 is 0 Å². The highest BCUT2D eigenvalue weighted by Gasteiger charge is 2.19. The number of aryl methyl sites for hydroxylation is 4. The minimum Gasteiger partial charge on any atom is -0.330 e. The van der Waals surface area contributed by atoms with Crippen molar-refractivity contribution in [3.8, 4) is 0 Å². The zero-order valence-corrected chi connectivity index (χ0v) is 13.3. The summed E-state index contributed by atoms with van der Waals surface area (Å²) in [6.07, 6.45) is 4.82. The Kier molecular flexibility index (Phi) is 3.85. The molecule has 0 saturated heterocycles. The highest BCUT2D eigenvalue weighted by molar-refractivity contribution is 5.31. The van der Waals surface area contributed by atoms with Gasteiger partial charge in [-0.1, -0.05) is 29.3 Å². The Balaban J connectivity index is 1.87. The maximum absolute atomic E-state index is 6.48. The number of rotatable bonds is 3. The van der Waals surface area contributed by atoms with Gasteiger partial charge in [-0.15, -0.1) is 0 Å².